The summed E-state index contributed by atoms with van der Waals surface area (Å²) in [5, 5.41) is 3.98. The zero-order chi connectivity index (χ0) is 18.7. The maximum absolute atomic E-state index is 13.4. The van der Waals surface area contributed by atoms with E-state index in [9.17, 15) is 13.2 Å². The van der Waals surface area contributed by atoms with E-state index in [4.69, 9.17) is 13.6 Å². The highest BCUT2D eigenvalue weighted by Crippen LogP contribution is 2.50. The third-order valence-electron chi connectivity index (χ3n) is 3.93. The highest BCUT2D eigenvalue weighted by Gasteiger charge is 2.39. The van der Waals surface area contributed by atoms with Gasteiger partial charge in [0.05, 0.1) is 13.2 Å². The van der Waals surface area contributed by atoms with Crippen molar-refractivity contribution in [2.24, 2.45) is 0 Å². The van der Waals surface area contributed by atoms with Crippen molar-refractivity contribution in [3.63, 3.8) is 0 Å². The molecule has 1 saturated carbocycles. The van der Waals surface area contributed by atoms with Crippen molar-refractivity contribution in [2.45, 2.75) is 44.9 Å². The minimum Gasteiger partial charge on any atom is -0.360 e. The Kier molecular flexibility index (Phi) is 5.95. The molecule has 0 saturated heterocycles. The molecule has 2 aromatic heterocycles. The monoisotopic (exact) mass is 388 g/mol. The molecular formula is C17H20F3N2O3P. The molecule has 1 aliphatic carbocycles. The lowest BCUT2D eigenvalue weighted by Crippen LogP contribution is -2.10. The van der Waals surface area contributed by atoms with Crippen LogP contribution in [0.5, 0.6) is 0 Å². The van der Waals surface area contributed by atoms with Crippen molar-refractivity contribution in [3.8, 4) is 11.3 Å². The lowest BCUT2D eigenvalue weighted by atomic mass is 10.0. The van der Waals surface area contributed by atoms with Gasteiger partial charge >= 0.3 is 6.18 Å². The first-order valence-corrected chi connectivity index (χ1v) is 9.86. The summed E-state index contributed by atoms with van der Waals surface area (Å²) in [5.41, 5.74) is -0.221. The van der Waals surface area contributed by atoms with E-state index >= 15 is 0 Å². The lowest BCUT2D eigenvalue weighted by Gasteiger charge is -2.16. The summed E-state index contributed by atoms with van der Waals surface area (Å²) >= 11 is 0. The van der Waals surface area contributed by atoms with Gasteiger partial charge in [-0.25, -0.2) is 0 Å². The van der Waals surface area contributed by atoms with E-state index < -0.39 is 20.2 Å². The first-order valence-electron chi connectivity index (χ1n) is 8.50. The molecule has 2 heterocycles. The Labute approximate surface area is 150 Å². The van der Waals surface area contributed by atoms with E-state index in [1.807, 2.05) is 13.8 Å². The van der Waals surface area contributed by atoms with E-state index in [1.54, 1.807) is 0 Å². The van der Waals surface area contributed by atoms with Crippen LogP contribution in [0.25, 0.3) is 11.3 Å². The summed E-state index contributed by atoms with van der Waals surface area (Å²) in [5.74, 6) is 0.848. The predicted molar refractivity (Wildman–Crippen MR) is 90.6 cm³/mol. The van der Waals surface area contributed by atoms with Crippen LogP contribution >= 0.6 is 8.38 Å². The quantitative estimate of drug-likeness (QED) is 0.558. The molecule has 0 N–H and O–H groups in total. The van der Waals surface area contributed by atoms with E-state index in [2.05, 4.69) is 10.1 Å². The average Bonchev–Trinajstić information content (AvgIpc) is 3.36. The zero-order valence-electron chi connectivity index (χ0n) is 14.5. The number of nitrogens with zero attached hydrogens (tertiary/aromatic N) is 2. The second kappa shape index (κ2) is 8.03. The topological polar surface area (TPSA) is 57.4 Å². The van der Waals surface area contributed by atoms with Gasteiger partial charge in [0.1, 0.15) is 11.5 Å². The number of rotatable bonds is 8. The molecule has 0 spiro atoms. The van der Waals surface area contributed by atoms with Crippen LogP contribution in [0.1, 0.15) is 49.6 Å². The van der Waals surface area contributed by atoms with Crippen molar-refractivity contribution < 1.29 is 26.7 Å². The second-order valence-electron chi connectivity index (χ2n) is 5.87. The summed E-state index contributed by atoms with van der Waals surface area (Å²) in [6, 6.07) is 2.84. The van der Waals surface area contributed by atoms with Gasteiger partial charge in [0, 0.05) is 29.4 Å². The Hall–Kier alpha value is -1.50. The number of alkyl halides is 3. The maximum atomic E-state index is 13.4. The van der Waals surface area contributed by atoms with Gasteiger partial charge in [0.15, 0.2) is 14.1 Å². The molecule has 0 aromatic carbocycles. The van der Waals surface area contributed by atoms with Crippen molar-refractivity contribution in [1.82, 2.24) is 10.1 Å². The minimum atomic E-state index is -4.57. The van der Waals surface area contributed by atoms with Crippen LogP contribution in [0.4, 0.5) is 13.2 Å². The van der Waals surface area contributed by atoms with Crippen LogP contribution in [0.3, 0.4) is 0 Å². The van der Waals surface area contributed by atoms with Crippen LogP contribution in [-0.4, -0.2) is 23.4 Å². The van der Waals surface area contributed by atoms with Gasteiger partial charge in [-0.05, 0) is 38.8 Å². The molecule has 3 rings (SSSR count). The first kappa shape index (κ1) is 19.3. The molecule has 0 bridgehead atoms. The fourth-order valence-electron chi connectivity index (χ4n) is 2.72. The van der Waals surface area contributed by atoms with Gasteiger partial charge in [-0.3, -0.25) is 4.98 Å². The van der Waals surface area contributed by atoms with E-state index in [1.165, 1.54) is 12.1 Å². The summed E-state index contributed by atoms with van der Waals surface area (Å²) in [6.07, 6.45) is -1.21. The molecule has 0 amide bonds. The van der Waals surface area contributed by atoms with Crippen LogP contribution in [0.15, 0.2) is 22.9 Å². The SMILES string of the molecule is CCOP(Cc1c(-c2cccnc2C(F)(F)F)noc1C1CC1)OCC. The van der Waals surface area contributed by atoms with E-state index in [0.29, 0.717) is 30.7 Å². The Balaban J connectivity index is 2.04. The Morgan fingerprint density at radius 2 is 1.92 bits per heavy atom. The van der Waals surface area contributed by atoms with Crippen LogP contribution in [0.2, 0.25) is 0 Å². The molecule has 5 nitrogen and oxygen atoms in total. The molecule has 0 atom stereocenters. The van der Waals surface area contributed by atoms with Crippen molar-refractivity contribution >= 4 is 8.38 Å². The highest BCUT2D eigenvalue weighted by molar-refractivity contribution is 7.46. The number of halogens is 3. The fourth-order valence-corrected chi connectivity index (χ4v) is 4.12. The number of hydrogen-bond acceptors (Lipinski definition) is 5. The highest BCUT2D eigenvalue weighted by atomic mass is 31.2. The third kappa shape index (κ3) is 4.24. The fraction of sp³-hybridized carbons (Fsp3) is 0.529. The molecule has 0 aliphatic heterocycles. The summed E-state index contributed by atoms with van der Waals surface area (Å²) < 4.78 is 56.9. The standard InChI is InChI=1S/C17H20F3N2O3P/c1-3-23-26(24-4-2)10-13-14(22-25-15(13)11-7-8-11)12-6-5-9-21-16(12)17(18,19)20/h5-6,9,11H,3-4,7-8,10H2,1-2H3. The molecule has 1 aliphatic rings. The zero-order valence-corrected chi connectivity index (χ0v) is 15.4. The second-order valence-corrected chi connectivity index (χ2v) is 7.37. The average molecular weight is 388 g/mol. The third-order valence-corrected chi connectivity index (χ3v) is 5.60. The van der Waals surface area contributed by atoms with Crippen LogP contribution in [0, 0.1) is 0 Å². The van der Waals surface area contributed by atoms with Gasteiger partial charge in [-0.2, -0.15) is 13.2 Å². The largest absolute Gasteiger partial charge is 0.434 e. The molecular weight excluding hydrogens is 368 g/mol. The normalized spacial score (nSPS) is 15.0. The van der Waals surface area contributed by atoms with Gasteiger partial charge in [0.2, 0.25) is 0 Å². The Morgan fingerprint density at radius 3 is 2.50 bits per heavy atom. The summed E-state index contributed by atoms with van der Waals surface area (Å²) in [6.45, 7) is 4.64. The maximum Gasteiger partial charge on any atom is 0.434 e. The van der Waals surface area contributed by atoms with Crippen molar-refractivity contribution in [3.05, 3.63) is 35.3 Å². The van der Waals surface area contributed by atoms with Crippen LogP contribution < -0.4 is 0 Å². The van der Waals surface area contributed by atoms with Gasteiger partial charge in [-0.1, -0.05) is 5.16 Å². The first-order chi connectivity index (χ1) is 12.5. The van der Waals surface area contributed by atoms with Crippen molar-refractivity contribution in [1.29, 1.82) is 0 Å². The molecule has 1 fully saturated rings. The van der Waals surface area contributed by atoms with Crippen molar-refractivity contribution in [2.75, 3.05) is 13.2 Å². The summed E-state index contributed by atoms with van der Waals surface area (Å²) in [4.78, 5) is 3.53. The summed E-state index contributed by atoms with van der Waals surface area (Å²) in [7, 11) is -1.27. The molecule has 0 radical (unpaired) electrons. The Bertz CT molecular complexity index is 741. The number of aromatic nitrogens is 2. The molecule has 26 heavy (non-hydrogen) atoms. The molecule has 2 aromatic rings. The smallest absolute Gasteiger partial charge is 0.360 e. The van der Waals surface area contributed by atoms with Gasteiger partial charge in [-0.15, -0.1) is 0 Å². The van der Waals surface area contributed by atoms with E-state index in [0.717, 1.165) is 19.0 Å². The Morgan fingerprint density at radius 1 is 1.23 bits per heavy atom. The molecule has 0 unspecified atom stereocenters. The molecule has 142 valence electrons. The minimum absolute atomic E-state index is 0.0754. The predicted octanol–water partition coefficient (Wildman–Crippen LogP) is 5.52. The van der Waals surface area contributed by atoms with Gasteiger partial charge in [0.25, 0.3) is 0 Å². The lowest BCUT2D eigenvalue weighted by molar-refractivity contribution is -0.140. The number of hydrogen-bond donors (Lipinski definition) is 0. The van der Waals surface area contributed by atoms with Crippen LogP contribution in [-0.2, 0) is 21.4 Å². The number of pyridine rings is 1. The van der Waals surface area contributed by atoms with E-state index in [-0.39, 0.29) is 17.2 Å². The molecule has 9 heteroatoms. The van der Waals surface area contributed by atoms with Gasteiger partial charge < -0.3 is 13.6 Å².